The van der Waals surface area contributed by atoms with Gasteiger partial charge in [-0.3, -0.25) is 4.79 Å². The van der Waals surface area contributed by atoms with Crippen molar-refractivity contribution in [3.63, 3.8) is 0 Å². The molecule has 0 aromatic heterocycles. The van der Waals surface area contributed by atoms with E-state index in [4.69, 9.17) is 9.47 Å². The van der Waals surface area contributed by atoms with Crippen molar-refractivity contribution in [3.8, 4) is 11.1 Å². The van der Waals surface area contributed by atoms with Crippen molar-refractivity contribution < 1.29 is 19.4 Å². The lowest BCUT2D eigenvalue weighted by atomic mass is 9.99. The van der Waals surface area contributed by atoms with Crippen LogP contribution in [0.4, 0.5) is 0 Å². The number of thioether (sulfide) groups is 1. The van der Waals surface area contributed by atoms with Crippen molar-refractivity contribution in [2.75, 3.05) is 5.75 Å². The zero-order valence-electron chi connectivity index (χ0n) is 22.0. The molecule has 2 N–H and O–H groups in total. The number of aliphatic hydroxyl groups excluding tert-OH is 1. The number of aliphatic hydroxyl groups is 1. The summed E-state index contributed by atoms with van der Waals surface area (Å²) in [7, 11) is 0. The fraction of sp³-hybridized carbons (Fsp3) is 0.242. The van der Waals surface area contributed by atoms with E-state index in [-0.39, 0.29) is 24.7 Å². The fourth-order valence-electron chi connectivity index (χ4n) is 4.65. The van der Waals surface area contributed by atoms with E-state index >= 15 is 0 Å². The predicted octanol–water partition coefficient (Wildman–Crippen LogP) is 6.82. The largest absolute Gasteiger partial charge is 0.392 e. The normalized spacial score (nSPS) is 19.0. The molecule has 39 heavy (non-hydrogen) atoms. The van der Waals surface area contributed by atoms with E-state index in [1.165, 1.54) is 11.8 Å². The van der Waals surface area contributed by atoms with Gasteiger partial charge in [-0.25, -0.2) is 0 Å². The molecular weight excluding hydrogens is 506 g/mol. The number of amides is 1. The molecule has 0 bridgehead atoms. The molecule has 1 fully saturated rings. The number of hydrogen-bond donors (Lipinski definition) is 2. The van der Waals surface area contributed by atoms with Crippen molar-refractivity contribution >= 4 is 17.7 Å². The molecule has 5 rings (SSSR count). The van der Waals surface area contributed by atoms with Crippen LogP contribution in [0.15, 0.2) is 108 Å². The zero-order valence-corrected chi connectivity index (χ0v) is 22.8. The highest BCUT2D eigenvalue weighted by atomic mass is 32.2. The first-order valence-electron chi connectivity index (χ1n) is 13.2. The van der Waals surface area contributed by atoms with Crippen LogP contribution in [0.25, 0.3) is 11.1 Å². The molecule has 0 spiro atoms. The van der Waals surface area contributed by atoms with Crippen molar-refractivity contribution in [1.82, 2.24) is 5.32 Å². The van der Waals surface area contributed by atoms with Crippen molar-refractivity contribution in [3.05, 3.63) is 125 Å². The van der Waals surface area contributed by atoms with Crippen LogP contribution < -0.4 is 5.32 Å². The van der Waals surface area contributed by atoms with Gasteiger partial charge in [-0.1, -0.05) is 84.9 Å². The van der Waals surface area contributed by atoms with Gasteiger partial charge in [0.2, 0.25) is 5.91 Å². The Balaban J connectivity index is 1.33. The Morgan fingerprint density at radius 3 is 2.31 bits per heavy atom. The van der Waals surface area contributed by atoms with E-state index in [0.29, 0.717) is 6.54 Å². The number of benzene rings is 4. The third-order valence-electron chi connectivity index (χ3n) is 6.78. The van der Waals surface area contributed by atoms with Crippen LogP contribution in [0.1, 0.15) is 48.0 Å². The van der Waals surface area contributed by atoms with Crippen LogP contribution in [0, 0.1) is 0 Å². The predicted molar refractivity (Wildman–Crippen MR) is 155 cm³/mol. The summed E-state index contributed by atoms with van der Waals surface area (Å²) < 4.78 is 13.0. The Kier molecular flexibility index (Phi) is 9.12. The Labute approximate surface area is 234 Å². The molecule has 1 amide bonds. The first-order valence-corrected chi connectivity index (χ1v) is 14.2. The molecule has 4 aromatic rings. The molecule has 3 atom stereocenters. The van der Waals surface area contributed by atoms with E-state index in [2.05, 4.69) is 66.0 Å². The van der Waals surface area contributed by atoms with Gasteiger partial charge in [-0.05, 0) is 46.0 Å². The summed E-state index contributed by atoms with van der Waals surface area (Å²) in [4.78, 5) is 12.5. The average molecular weight is 540 g/mol. The summed E-state index contributed by atoms with van der Waals surface area (Å²) in [5.74, 6) is 0.786. The second-order valence-electron chi connectivity index (χ2n) is 9.71. The Bertz CT molecular complexity index is 1360. The lowest BCUT2D eigenvalue weighted by Gasteiger charge is -2.36. The monoisotopic (exact) mass is 539 g/mol. The first-order chi connectivity index (χ1) is 19.1. The van der Waals surface area contributed by atoms with Gasteiger partial charge in [-0.2, -0.15) is 0 Å². The molecule has 1 heterocycles. The van der Waals surface area contributed by atoms with Crippen LogP contribution in [0.3, 0.4) is 0 Å². The summed E-state index contributed by atoms with van der Waals surface area (Å²) in [5, 5.41) is 12.3. The molecule has 0 aliphatic carbocycles. The van der Waals surface area contributed by atoms with Crippen LogP contribution >= 0.6 is 11.8 Å². The fourth-order valence-corrected chi connectivity index (χ4v) is 5.59. The highest BCUT2D eigenvalue weighted by Crippen LogP contribution is 2.39. The maximum atomic E-state index is 11.3. The molecule has 6 heteroatoms. The molecule has 1 aliphatic rings. The summed E-state index contributed by atoms with van der Waals surface area (Å²) in [5.41, 5.74) is 6.18. The average Bonchev–Trinajstić information content (AvgIpc) is 2.99. The van der Waals surface area contributed by atoms with E-state index in [0.717, 1.165) is 45.6 Å². The van der Waals surface area contributed by atoms with Crippen molar-refractivity contribution in [2.24, 2.45) is 0 Å². The molecule has 1 saturated heterocycles. The number of rotatable bonds is 9. The minimum atomic E-state index is -0.484. The molecule has 200 valence electrons. The van der Waals surface area contributed by atoms with Crippen molar-refractivity contribution in [1.29, 1.82) is 0 Å². The molecule has 1 aliphatic heterocycles. The standard InChI is InChI=1S/C33H33NO4S/c1-23(36)34-20-25-6-5-7-29(18-25)26-14-16-28(17-15-26)33-37-30(22-39-31-8-3-2-4-9-31)19-32(38-33)27-12-10-24(21-35)11-13-27/h2-18,30,32-33,35H,19-22H2,1H3,(H,34,36)/t30-,32+,33+/m1/s1. The van der Waals surface area contributed by atoms with Gasteiger partial charge < -0.3 is 19.9 Å². The maximum Gasteiger partial charge on any atom is 0.217 e. The van der Waals surface area contributed by atoms with Gasteiger partial charge in [0.05, 0.1) is 18.8 Å². The SMILES string of the molecule is CC(=O)NCc1cccc(-c2ccc([C@H]3O[C@@H](CSc4ccccc4)C[C@@H](c4ccc(CO)cc4)O3)cc2)c1. The quantitative estimate of drug-likeness (QED) is 0.229. The minimum absolute atomic E-state index is 0.0154. The lowest BCUT2D eigenvalue weighted by Crippen LogP contribution is -2.31. The highest BCUT2D eigenvalue weighted by Gasteiger charge is 2.32. The summed E-state index contributed by atoms with van der Waals surface area (Å²) in [6, 6.07) is 34.9. The third kappa shape index (κ3) is 7.37. The topological polar surface area (TPSA) is 67.8 Å². The Hall–Kier alpha value is -3.42. The lowest BCUT2D eigenvalue weighted by molar-refractivity contribution is -0.245. The van der Waals surface area contributed by atoms with Gasteiger partial charge in [0.15, 0.2) is 6.29 Å². The highest BCUT2D eigenvalue weighted by molar-refractivity contribution is 7.99. The van der Waals surface area contributed by atoms with Gasteiger partial charge in [0, 0.05) is 36.1 Å². The molecular formula is C33H33NO4S. The smallest absolute Gasteiger partial charge is 0.217 e. The second kappa shape index (κ2) is 13.1. The number of carbonyl (C=O) groups is 1. The van der Waals surface area contributed by atoms with Crippen LogP contribution in [0.5, 0.6) is 0 Å². The Morgan fingerprint density at radius 2 is 1.59 bits per heavy atom. The number of ether oxygens (including phenoxy) is 2. The van der Waals surface area contributed by atoms with E-state index < -0.39 is 6.29 Å². The van der Waals surface area contributed by atoms with Gasteiger partial charge in [0.25, 0.3) is 0 Å². The number of nitrogens with one attached hydrogen (secondary N) is 1. The summed E-state index contributed by atoms with van der Waals surface area (Å²) in [6.45, 7) is 2.06. The zero-order chi connectivity index (χ0) is 27.0. The minimum Gasteiger partial charge on any atom is -0.392 e. The molecule has 4 aromatic carbocycles. The molecule has 0 saturated carbocycles. The molecule has 0 unspecified atom stereocenters. The van der Waals surface area contributed by atoms with Crippen LogP contribution in [-0.4, -0.2) is 22.9 Å². The van der Waals surface area contributed by atoms with Crippen molar-refractivity contribution in [2.45, 2.75) is 49.9 Å². The van der Waals surface area contributed by atoms with Crippen LogP contribution in [0.2, 0.25) is 0 Å². The number of hydrogen-bond acceptors (Lipinski definition) is 5. The van der Waals surface area contributed by atoms with E-state index in [1.54, 1.807) is 11.8 Å². The van der Waals surface area contributed by atoms with Crippen LogP contribution in [-0.2, 0) is 27.4 Å². The van der Waals surface area contributed by atoms with Gasteiger partial charge >= 0.3 is 0 Å². The molecule has 0 radical (unpaired) electrons. The van der Waals surface area contributed by atoms with Gasteiger partial charge in [0.1, 0.15) is 0 Å². The van der Waals surface area contributed by atoms with Gasteiger partial charge in [-0.15, -0.1) is 11.8 Å². The third-order valence-corrected chi connectivity index (χ3v) is 7.92. The maximum absolute atomic E-state index is 11.3. The first kappa shape index (κ1) is 27.2. The van der Waals surface area contributed by atoms with E-state index in [1.807, 2.05) is 42.5 Å². The number of carbonyl (C=O) groups excluding carboxylic acids is 1. The van der Waals surface area contributed by atoms with E-state index in [9.17, 15) is 9.90 Å². The summed E-state index contributed by atoms with van der Waals surface area (Å²) in [6.07, 6.45) is 0.181. The molecule has 5 nitrogen and oxygen atoms in total. The second-order valence-corrected chi connectivity index (χ2v) is 10.8. The Morgan fingerprint density at radius 1 is 0.846 bits per heavy atom. The summed E-state index contributed by atoms with van der Waals surface area (Å²) >= 11 is 1.79.